The molecule has 0 bridgehead atoms. The molecule has 0 aliphatic carbocycles. The second-order valence-electron chi connectivity index (χ2n) is 7.85. The summed E-state index contributed by atoms with van der Waals surface area (Å²) in [4.78, 5) is 17.9. The lowest BCUT2D eigenvalue weighted by Crippen LogP contribution is -2.30. The van der Waals surface area contributed by atoms with Gasteiger partial charge in [0.05, 0.1) is 26.4 Å². The maximum atomic E-state index is 13.2. The van der Waals surface area contributed by atoms with Gasteiger partial charge in [0.1, 0.15) is 17.5 Å². The number of methoxy groups -OCH3 is 2. The van der Waals surface area contributed by atoms with Crippen LogP contribution in [0.4, 0.5) is 5.95 Å². The molecule has 2 heterocycles. The number of rotatable bonds is 9. The summed E-state index contributed by atoms with van der Waals surface area (Å²) in [5.74, 6) is 1.93. The molecule has 0 saturated heterocycles. The number of anilines is 1. The number of benzene rings is 2. The van der Waals surface area contributed by atoms with Crippen LogP contribution in [0.5, 0.6) is 11.5 Å². The number of hydrogen-bond donors (Lipinski definition) is 1. The molecule has 0 radical (unpaired) electrons. The highest BCUT2D eigenvalue weighted by Gasteiger charge is 2.37. The zero-order valence-electron chi connectivity index (χ0n) is 20.0. The van der Waals surface area contributed by atoms with Gasteiger partial charge in [0.2, 0.25) is 11.1 Å². The molecule has 1 aliphatic rings. The second-order valence-corrected chi connectivity index (χ2v) is 9.20. The minimum Gasteiger partial charge on any atom is -0.497 e. The molecule has 0 fully saturated rings. The summed E-state index contributed by atoms with van der Waals surface area (Å²) in [6.45, 7) is 4.10. The normalized spacial score (nSPS) is 14.8. The van der Waals surface area contributed by atoms with Crippen LogP contribution < -0.4 is 14.8 Å². The number of ether oxygens (including phenoxy) is 3. The first kappa shape index (κ1) is 24.9. The van der Waals surface area contributed by atoms with Gasteiger partial charge in [0.15, 0.2) is 0 Å². The first-order valence-electron chi connectivity index (χ1n) is 11.2. The molecular weight excluding hydrogens is 488 g/mol. The Morgan fingerprint density at radius 3 is 2.71 bits per heavy atom. The molecule has 3 aromatic rings. The summed E-state index contributed by atoms with van der Waals surface area (Å²) in [6, 6.07) is 12.5. The van der Waals surface area contributed by atoms with Crippen molar-refractivity contribution < 1.29 is 19.0 Å². The fourth-order valence-electron chi connectivity index (χ4n) is 3.83. The molecule has 184 valence electrons. The lowest BCUT2D eigenvalue weighted by molar-refractivity contribution is -0.139. The van der Waals surface area contributed by atoms with Gasteiger partial charge in [-0.15, -0.1) is 5.10 Å². The lowest BCUT2D eigenvalue weighted by atomic mass is 9.94. The van der Waals surface area contributed by atoms with Gasteiger partial charge < -0.3 is 19.5 Å². The zero-order valence-corrected chi connectivity index (χ0v) is 21.6. The number of fused-ring (bicyclic) bond motifs is 1. The lowest BCUT2D eigenvalue weighted by Gasteiger charge is -2.29. The Hall–Kier alpha value is -3.17. The summed E-state index contributed by atoms with van der Waals surface area (Å²) in [5, 5.41) is 9.22. The van der Waals surface area contributed by atoms with E-state index in [1.807, 2.05) is 56.3 Å². The van der Waals surface area contributed by atoms with Crippen LogP contribution in [0.3, 0.4) is 0 Å². The first-order valence-corrected chi connectivity index (χ1v) is 12.5. The Morgan fingerprint density at radius 1 is 1.20 bits per heavy atom. The molecule has 35 heavy (non-hydrogen) atoms. The van der Waals surface area contributed by atoms with Crippen LogP contribution >= 0.6 is 23.4 Å². The Balaban J connectivity index is 1.77. The maximum Gasteiger partial charge on any atom is 0.338 e. The van der Waals surface area contributed by atoms with E-state index in [0.29, 0.717) is 56.8 Å². The van der Waals surface area contributed by atoms with E-state index in [4.69, 9.17) is 30.9 Å². The summed E-state index contributed by atoms with van der Waals surface area (Å²) in [6.07, 6.45) is 0.718. The molecule has 2 aromatic carbocycles. The quantitative estimate of drug-likeness (QED) is 0.296. The number of nitrogens with zero attached hydrogens (tertiary/aromatic N) is 3. The third-order valence-electron chi connectivity index (χ3n) is 5.54. The Kier molecular flexibility index (Phi) is 7.87. The maximum absolute atomic E-state index is 13.2. The van der Waals surface area contributed by atoms with E-state index in [9.17, 15) is 4.79 Å². The van der Waals surface area contributed by atoms with Gasteiger partial charge in [0, 0.05) is 22.0 Å². The van der Waals surface area contributed by atoms with E-state index in [0.717, 1.165) is 12.0 Å². The number of aromatic nitrogens is 3. The van der Waals surface area contributed by atoms with Crippen molar-refractivity contribution in [1.82, 2.24) is 14.8 Å². The number of carbonyl (C=O) groups excluding carboxylic acids is 1. The number of esters is 1. The molecule has 0 saturated carbocycles. The van der Waals surface area contributed by atoms with E-state index in [2.05, 4.69) is 10.3 Å². The summed E-state index contributed by atoms with van der Waals surface area (Å²) >= 11 is 7.78. The molecule has 1 atom stereocenters. The second kappa shape index (κ2) is 11.0. The van der Waals surface area contributed by atoms with Gasteiger partial charge in [-0.2, -0.15) is 4.98 Å². The Morgan fingerprint density at radius 2 is 2.00 bits per heavy atom. The predicted octanol–water partition coefficient (Wildman–Crippen LogP) is 5.48. The molecule has 8 nitrogen and oxygen atoms in total. The smallest absolute Gasteiger partial charge is 0.338 e. The van der Waals surface area contributed by atoms with Crippen molar-refractivity contribution in [2.75, 3.05) is 26.1 Å². The van der Waals surface area contributed by atoms with Gasteiger partial charge >= 0.3 is 5.97 Å². The molecule has 1 unspecified atom stereocenters. The summed E-state index contributed by atoms with van der Waals surface area (Å²) < 4.78 is 18.3. The number of hydrogen-bond acceptors (Lipinski definition) is 8. The van der Waals surface area contributed by atoms with Gasteiger partial charge in [-0.3, -0.25) is 0 Å². The standard InChI is InChI=1S/C25H27ClN4O4S/c1-5-12-34-23(31)21-15(2)27-24-28-25(35-14-16-8-6-7-9-19(16)26)29-30(24)22(21)18-13-17(32-3)10-11-20(18)33-4/h6-11,13,22H,5,12,14H2,1-4H3,(H,27,28,29). The van der Waals surface area contributed by atoms with Gasteiger partial charge in [-0.05, 0) is 43.2 Å². The SMILES string of the molecule is CCCOC(=O)C1=C(C)Nc2nc(SCc3ccccc3Cl)nn2C1c1cc(OC)ccc1OC. The minimum absolute atomic E-state index is 0.320. The van der Waals surface area contributed by atoms with Crippen molar-refractivity contribution in [2.24, 2.45) is 0 Å². The van der Waals surface area contributed by atoms with E-state index >= 15 is 0 Å². The number of halogens is 1. The Labute approximate surface area is 213 Å². The van der Waals surface area contributed by atoms with Crippen molar-refractivity contribution in [1.29, 1.82) is 0 Å². The van der Waals surface area contributed by atoms with Gasteiger partial charge in [-0.25, -0.2) is 9.48 Å². The number of nitrogens with one attached hydrogen (secondary N) is 1. The molecular formula is C25H27ClN4O4S. The van der Waals surface area contributed by atoms with Crippen LogP contribution in [0.15, 0.2) is 58.9 Å². The van der Waals surface area contributed by atoms with Crippen molar-refractivity contribution in [3.8, 4) is 11.5 Å². The van der Waals surface area contributed by atoms with Crippen LogP contribution in [0, 0.1) is 0 Å². The van der Waals surface area contributed by atoms with E-state index in [1.54, 1.807) is 18.9 Å². The average Bonchev–Trinajstić information content (AvgIpc) is 3.27. The van der Waals surface area contributed by atoms with Crippen molar-refractivity contribution in [2.45, 2.75) is 37.2 Å². The highest BCUT2D eigenvalue weighted by molar-refractivity contribution is 7.98. The molecule has 10 heteroatoms. The molecule has 4 rings (SSSR count). The molecule has 0 amide bonds. The molecule has 1 aromatic heterocycles. The number of carbonyl (C=O) groups is 1. The third kappa shape index (κ3) is 5.26. The van der Waals surface area contributed by atoms with E-state index in [1.165, 1.54) is 11.8 Å². The average molecular weight is 515 g/mol. The van der Waals surface area contributed by atoms with Crippen LogP contribution in [-0.4, -0.2) is 41.6 Å². The van der Waals surface area contributed by atoms with E-state index < -0.39 is 12.0 Å². The van der Waals surface area contributed by atoms with E-state index in [-0.39, 0.29) is 0 Å². The highest BCUT2D eigenvalue weighted by Crippen LogP contribution is 2.41. The molecule has 1 N–H and O–H groups in total. The number of thioether (sulfide) groups is 1. The zero-order chi connectivity index (χ0) is 24.9. The van der Waals surface area contributed by atoms with Crippen molar-refractivity contribution >= 4 is 35.3 Å². The van der Waals surface area contributed by atoms with Crippen molar-refractivity contribution in [3.05, 3.63) is 69.9 Å². The highest BCUT2D eigenvalue weighted by atomic mass is 35.5. The van der Waals surface area contributed by atoms with Crippen LogP contribution in [0.25, 0.3) is 0 Å². The van der Waals surface area contributed by atoms with Gasteiger partial charge in [0.25, 0.3) is 0 Å². The third-order valence-corrected chi connectivity index (χ3v) is 6.79. The fourth-order valence-corrected chi connectivity index (χ4v) is 4.94. The van der Waals surface area contributed by atoms with Crippen LogP contribution in [-0.2, 0) is 15.3 Å². The molecule has 1 aliphatic heterocycles. The number of allylic oxidation sites excluding steroid dienone is 1. The monoisotopic (exact) mass is 514 g/mol. The van der Waals surface area contributed by atoms with Crippen LogP contribution in [0.2, 0.25) is 5.02 Å². The largest absolute Gasteiger partial charge is 0.497 e. The minimum atomic E-state index is -0.622. The summed E-state index contributed by atoms with van der Waals surface area (Å²) in [7, 11) is 3.18. The fraction of sp³-hybridized carbons (Fsp3) is 0.320. The first-order chi connectivity index (χ1) is 17.0. The topological polar surface area (TPSA) is 87.5 Å². The predicted molar refractivity (Wildman–Crippen MR) is 136 cm³/mol. The Bertz CT molecular complexity index is 1260. The summed E-state index contributed by atoms with van der Waals surface area (Å²) in [5.41, 5.74) is 2.78. The van der Waals surface area contributed by atoms with Crippen molar-refractivity contribution in [3.63, 3.8) is 0 Å². The van der Waals surface area contributed by atoms with Crippen LogP contribution in [0.1, 0.15) is 37.4 Å². The molecule has 0 spiro atoms. The van der Waals surface area contributed by atoms with Gasteiger partial charge in [-0.1, -0.05) is 48.5 Å².